The Morgan fingerprint density at radius 2 is 1.91 bits per heavy atom. The first-order valence-electron chi connectivity index (χ1n) is 6.52. The van der Waals surface area contributed by atoms with Crippen LogP contribution in [0.2, 0.25) is 0 Å². The van der Waals surface area contributed by atoms with Crippen LogP contribution in [-0.4, -0.2) is 11.9 Å². The molecule has 0 saturated carbocycles. The summed E-state index contributed by atoms with van der Waals surface area (Å²) in [4.78, 5) is 12.0. The highest BCUT2D eigenvalue weighted by Gasteiger charge is 2.14. The van der Waals surface area contributed by atoms with Crippen molar-refractivity contribution >= 4 is 17.3 Å². The predicted molar refractivity (Wildman–Crippen MR) is 79.2 cm³/mol. The Hall–Kier alpha value is -2.94. The second-order valence-electron chi connectivity index (χ2n) is 4.68. The van der Waals surface area contributed by atoms with Crippen molar-refractivity contribution in [3.8, 4) is 6.07 Å². The molecular weight excluding hydrogens is 288 g/mol. The van der Waals surface area contributed by atoms with E-state index in [1.165, 1.54) is 6.07 Å². The standard InChI is InChI=1S/C16H13F2N3O/c1-10(20-13-5-6-14(17)15(18)8-13)16(22)21-12-4-2-3-11(7-12)9-19/h2-8,10,20H,1H3,(H,21,22). The van der Waals surface area contributed by atoms with Crippen LogP contribution in [0, 0.1) is 23.0 Å². The van der Waals surface area contributed by atoms with E-state index in [4.69, 9.17) is 5.26 Å². The Labute approximate surface area is 126 Å². The first kappa shape index (κ1) is 15.4. The molecule has 0 fully saturated rings. The molecule has 0 aliphatic rings. The van der Waals surface area contributed by atoms with Crippen molar-refractivity contribution in [1.29, 1.82) is 5.26 Å². The summed E-state index contributed by atoms with van der Waals surface area (Å²) < 4.78 is 26.0. The molecular formula is C16H13F2N3O. The largest absolute Gasteiger partial charge is 0.374 e. The number of amides is 1. The summed E-state index contributed by atoms with van der Waals surface area (Å²) in [6, 6.07) is 11.1. The second kappa shape index (κ2) is 6.68. The third-order valence-corrected chi connectivity index (χ3v) is 2.96. The van der Waals surface area contributed by atoms with Gasteiger partial charge in [0.1, 0.15) is 6.04 Å². The Morgan fingerprint density at radius 3 is 2.59 bits per heavy atom. The van der Waals surface area contributed by atoms with E-state index < -0.39 is 17.7 Å². The molecule has 0 radical (unpaired) electrons. The summed E-state index contributed by atoms with van der Waals surface area (Å²) in [5, 5.41) is 14.2. The van der Waals surface area contributed by atoms with Gasteiger partial charge in [0.25, 0.3) is 0 Å². The number of anilines is 2. The number of nitrogens with one attached hydrogen (secondary N) is 2. The minimum absolute atomic E-state index is 0.298. The minimum atomic E-state index is -0.987. The molecule has 0 bridgehead atoms. The van der Waals surface area contributed by atoms with E-state index in [1.807, 2.05) is 6.07 Å². The van der Waals surface area contributed by atoms with Gasteiger partial charge in [-0.25, -0.2) is 8.78 Å². The summed E-state index contributed by atoms with van der Waals surface area (Å²) in [6.45, 7) is 1.59. The first-order valence-corrected chi connectivity index (χ1v) is 6.52. The third kappa shape index (κ3) is 3.79. The average Bonchev–Trinajstić information content (AvgIpc) is 2.51. The maximum atomic E-state index is 13.1. The zero-order valence-electron chi connectivity index (χ0n) is 11.7. The Kier molecular flexibility index (Phi) is 4.69. The molecule has 0 aliphatic carbocycles. The third-order valence-electron chi connectivity index (χ3n) is 2.96. The fourth-order valence-corrected chi connectivity index (χ4v) is 1.82. The summed E-state index contributed by atoms with van der Waals surface area (Å²) in [6.07, 6.45) is 0. The van der Waals surface area contributed by atoms with E-state index in [2.05, 4.69) is 10.6 Å². The highest BCUT2D eigenvalue weighted by molar-refractivity contribution is 5.96. The smallest absolute Gasteiger partial charge is 0.246 e. The van der Waals surface area contributed by atoms with Crippen molar-refractivity contribution in [3.63, 3.8) is 0 Å². The lowest BCUT2D eigenvalue weighted by atomic mass is 10.2. The van der Waals surface area contributed by atoms with E-state index in [9.17, 15) is 13.6 Å². The maximum Gasteiger partial charge on any atom is 0.246 e. The molecule has 4 nitrogen and oxygen atoms in total. The van der Waals surface area contributed by atoms with Crippen molar-refractivity contribution in [2.24, 2.45) is 0 Å². The van der Waals surface area contributed by atoms with E-state index in [-0.39, 0.29) is 5.91 Å². The molecule has 1 amide bonds. The van der Waals surface area contributed by atoms with Crippen LogP contribution in [0.1, 0.15) is 12.5 Å². The van der Waals surface area contributed by atoms with Gasteiger partial charge in [0, 0.05) is 17.4 Å². The van der Waals surface area contributed by atoms with Crippen molar-refractivity contribution < 1.29 is 13.6 Å². The molecule has 2 aromatic carbocycles. The predicted octanol–water partition coefficient (Wildman–Crippen LogP) is 3.28. The van der Waals surface area contributed by atoms with E-state index in [0.717, 1.165) is 12.1 Å². The molecule has 0 aromatic heterocycles. The number of hydrogen-bond acceptors (Lipinski definition) is 3. The fraction of sp³-hybridized carbons (Fsp3) is 0.125. The number of nitriles is 1. The zero-order valence-corrected chi connectivity index (χ0v) is 11.7. The van der Waals surface area contributed by atoms with Crippen molar-refractivity contribution in [3.05, 3.63) is 59.7 Å². The van der Waals surface area contributed by atoms with Gasteiger partial charge in [0.15, 0.2) is 11.6 Å². The molecule has 0 heterocycles. The van der Waals surface area contributed by atoms with Crippen molar-refractivity contribution in [2.45, 2.75) is 13.0 Å². The van der Waals surface area contributed by atoms with Gasteiger partial charge in [-0.3, -0.25) is 4.79 Å². The summed E-state index contributed by atoms with van der Waals surface area (Å²) in [5.74, 6) is -2.30. The molecule has 6 heteroatoms. The molecule has 2 N–H and O–H groups in total. The number of rotatable bonds is 4. The SMILES string of the molecule is CC(Nc1ccc(F)c(F)c1)C(=O)Nc1cccc(C#N)c1. The first-order chi connectivity index (χ1) is 10.5. The minimum Gasteiger partial charge on any atom is -0.374 e. The van der Waals surface area contributed by atoms with Gasteiger partial charge in [-0.15, -0.1) is 0 Å². The molecule has 0 saturated heterocycles. The number of hydrogen-bond donors (Lipinski definition) is 2. The van der Waals surface area contributed by atoms with Crippen LogP contribution in [0.3, 0.4) is 0 Å². The number of carbonyl (C=O) groups excluding carboxylic acids is 1. The van der Waals surface area contributed by atoms with E-state index in [1.54, 1.807) is 31.2 Å². The van der Waals surface area contributed by atoms with Gasteiger partial charge in [0.2, 0.25) is 5.91 Å². The monoisotopic (exact) mass is 301 g/mol. The lowest BCUT2D eigenvalue weighted by Gasteiger charge is -2.15. The molecule has 1 unspecified atom stereocenters. The highest BCUT2D eigenvalue weighted by atomic mass is 19.2. The maximum absolute atomic E-state index is 13.1. The van der Waals surface area contributed by atoms with Gasteiger partial charge in [-0.2, -0.15) is 5.26 Å². The van der Waals surface area contributed by atoms with Crippen LogP contribution < -0.4 is 10.6 Å². The lowest BCUT2D eigenvalue weighted by Crippen LogP contribution is -2.31. The average molecular weight is 301 g/mol. The van der Waals surface area contributed by atoms with Gasteiger partial charge in [-0.1, -0.05) is 6.07 Å². The van der Waals surface area contributed by atoms with Crippen LogP contribution in [0.5, 0.6) is 0 Å². The van der Waals surface area contributed by atoms with Crippen molar-refractivity contribution in [1.82, 2.24) is 0 Å². The molecule has 112 valence electrons. The summed E-state index contributed by atoms with van der Waals surface area (Å²) in [7, 11) is 0. The van der Waals surface area contributed by atoms with E-state index in [0.29, 0.717) is 16.9 Å². The van der Waals surface area contributed by atoms with Gasteiger partial charge in [0.05, 0.1) is 11.6 Å². The van der Waals surface area contributed by atoms with Crippen LogP contribution in [0.25, 0.3) is 0 Å². The lowest BCUT2D eigenvalue weighted by molar-refractivity contribution is -0.116. The van der Waals surface area contributed by atoms with Crippen LogP contribution in [0.15, 0.2) is 42.5 Å². The van der Waals surface area contributed by atoms with Crippen LogP contribution >= 0.6 is 0 Å². The van der Waals surface area contributed by atoms with Crippen LogP contribution in [0.4, 0.5) is 20.2 Å². The molecule has 22 heavy (non-hydrogen) atoms. The number of benzene rings is 2. The molecule has 0 aliphatic heterocycles. The summed E-state index contributed by atoms with van der Waals surface area (Å²) in [5.41, 5.74) is 1.22. The van der Waals surface area contributed by atoms with E-state index >= 15 is 0 Å². The molecule has 2 aromatic rings. The van der Waals surface area contributed by atoms with Gasteiger partial charge < -0.3 is 10.6 Å². The second-order valence-corrected chi connectivity index (χ2v) is 4.68. The molecule has 2 rings (SSSR count). The quantitative estimate of drug-likeness (QED) is 0.911. The number of carbonyl (C=O) groups is 1. The fourth-order valence-electron chi connectivity index (χ4n) is 1.82. The number of nitrogens with zero attached hydrogens (tertiary/aromatic N) is 1. The van der Waals surface area contributed by atoms with Crippen molar-refractivity contribution in [2.75, 3.05) is 10.6 Å². The summed E-state index contributed by atoms with van der Waals surface area (Å²) >= 11 is 0. The van der Waals surface area contributed by atoms with Gasteiger partial charge in [-0.05, 0) is 37.3 Å². The van der Waals surface area contributed by atoms with Gasteiger partial charge >= 0.3 is 0 Å². The molecule has 1 atom stereocenters. The normalized spacial score (nSPS) is 11.4. The topological polar surface area (TPSA) is 64.9 Å². The molecule has 0 spiro atoms. The Morgan fingerprint density at radius 1 is 1.14 bits per heavy atom. The highest BCUT2D eigenvalue weighted by Crippen LogP contribution is 2.15. The Balaban J connectivity index is 2.02. The zero-order chi connectivity index (χ0) is 16.1. The Bertz CT molecular complexity index is 740. The number of halogens is 2. The van der Waals surface area contributed by atoms with Crippen LogP contribution in [-0.2, 0) is 4.79 Å².